The first-order valence-corrected chi connectivity index (χ1v) is 7.37. The number of hydrogen-bond acceptors (Lipinski definition) is 1. The summed E-state index contributed by atoms with van der Waals surface area (Å²) >= 11 is 5.87. The van der Waals surface area contributed by atoms with Crippen LogP contribution in [0, 0.1) is 0 Å². The molecule has 0 unspecified atom stereocenters. The highest BCUT2D eigenvalue weighted by molar-refractivity contribution is 6.17. The Bertz CT molecular complexity index is 722. The molecule has 0 aliphatic carbocycles. The van der Waals surface area contributed by atoms with Crippen molar-refractivity contribution in [3.8, 4) is 22.6 Å². The van der Waals surface area contributed by atoms with Gasteiger partial charge in [-0.05, 0) is 29.3 Å². The summed E-state index contributed by atoms with van der Waals surface area (Å²) in [6.07, 6.45) is 0. The van der Waals surface area contributed by atoms with E-state index < -0.39 is 0 Å². The third-order valence-electron chi connectivity index (χ3n) is 3.25. The van der Waals surface area contributed by atoms with Gasteiger partial charge in [0.05, 0.1) is 0 Å². The Morgan fingerprint density at radius 2 is 1.52 bits per heavy atom. The van der Waals surface area contributed by atoms with Crippen LogP contribution in [0.2, 0.25) is 0 Å². The van der Waals surface area contributed by atoms with Gasteiger partial charge in [-0.15, -0.1) is 11.6 Å². The normalized spacial score (nSPS) is 10.3. The lowest BCUT2D eigenvalue weighted by Crippen LogP contribution is -1.89. The van der Waals surface area contributed by atoms with E-state index in [2.05, 4.69) is 18.2 Å². The van der Waals surface area contributed by atoms with Gasteiger partial charge in [0, 0.05) is 11.4 Å². The first-order valence-electron chi connectivity index (χ1n) is 6.84. The van der Waals surface area contributed by atoms with Crippen LogP contribution in [0.4, 0.5) is 0 Å². The Labute approximate surface area is 129 Å². The molecule has 0 aliphatic heterocycles. The molecule has 0 N–H and O–H groups in total. The van der Waals surface area contributed by atoms with Gasteiger partial charge in [-0.3, -0.25) is 0 Å². The zero-order valence-corrected chi connectivity index (χ0v) is 12.3. The fourth-order valence-electron chi connectivity index (χ4n) is 2.23. The Kier molecular flexibility index (Phi) is 4.23. The average Bonchev–Trinajstić information content (AvgIpc) is 2.56. The molecule has 3 rings (SSSR count). The van der Waals surface area contributed by atoms with Gasteiger partial charge >= 0.3 is 0 Å². The van der Waals surface area contributed by atoms with Crippen LogP contribution in [-0.2, 0) is 5.88 Å². The molecular formula is C19H15ClO. The van der Waals surface area contributed by atoms with E-state index >= 15 is 0 Å². The fourth-order valence-corrected chi connectivity index (χ4v) is 2.40. The second kappa shape index (κ2) is 6.47. The van der Waals surface area contributed by atoms with Crippen molar-refractivity contribution in [2.24, 2.45) is 0 Å². The third kappa shape index (κ3) is 3.26. The first kappa shape index (κ1) is 13.7. The molecule has 0 atom stereocenters. The van der Waals surface area contributed by atoms with Gasteiger partial charge in [0.25, 0.3) is 0 Å². The summed E-state index contributed by atoms with van der Waals surface area (Å²) in [7, 11) is 0. The zero-order chi connectivity index (χ0) is 14.5. The monoisotopic (exact) mass is 294 g/mol. The van der Waals surface area contributed by atoms with Crippen molar-refractivity contribution in [1.82, 2.24) is 0 Å². The van der Waals surface area contributed by atoms with Crippen molar-refractivity contribution in [2.45, 2.75) is 5.88 Å². The molecule has 0 saturated carbocycles. The van der Waals surface area contributed by atoms with Gasteiger partial charge in [-0.1, -0.05) is 60.7 Å². The van der Waals surface area contributed by atoms with Crippen molar-refractivity contribution in [1.29, 1.82) is 0 Å². The van der Waals surface area contributed by atoms with Crippen LogP contribution in [0.5, 0.6) is 11.5 Å². The van der Waals surface area contributed by atoms with Gasteiger partial charge < -0.3 is 4.74 Å². The first-order chi connectivity index (χ1) is 10.4. The van der Waals surface area contributed by atoms with E-state index in [9.17, 15) is 0 Å². The van der Waals surface area contributed by atoms with Gasteiger partial charge in [0.15, 0.2) is 0 Å². The molecule has 0 heterocycles. The van der Waals surface area contributed by atoms with Gasteiger partial charge in [-0.2, -0.15) is 0 Å². The average molecular weight is 295 g/mol. The molecule has 0 aliphatic rings. The minimum atomic E-state index is 0.484. The Hall–Kier alpha value is -2.25. The molecule has 0 spiro atoms. The number of benzene rings is 3. The molecule has 21 heavy (non-hydrogen) atoms. The van der Waals surface area contributed by atoms with E-state index in [0.29, 0.717) is 5.88 Å². The predicted molar refractivity (Wildman–Crippen MR) is 88.0 cm³/mol. The quantitative estimate of drug-likeness (QED) is 0.546. The van der Waals surface area contributed by atoms with Crippen molar-refractivity contribution in [3.05, 3.63) is 84.4 Å². The maximum Gasteiger partial charge on any atom is 0.135 e. The van der Waals surface area contributed by atoms with Crippen LogP contribution in [0.25, 0.3) is 11.1 Å². The van der Waals surface area contributed by atoms with Crippen LogP contribution in [0.3, 0.4) is 0 Å². The van der Waals surface area contributed by atoms with Gasteiger partial charge in [0.2, 0.25) is 0 Å². The maximum absolute atomic E-state index is 6.05. The number of rotatable bonds is 4. The molecule has 0 fully saturated rings. The van der Waals surface area contributed by atoms with E-state index in [1.807, 2.05) is 60.7 Å². The van der Waals surface area contributed by atoms with Gasteiger partial charge in [0.1, 0.15) is 11.5 Å². The van der Waals surface area contributed by atoms with Crippen LogP contribution in [0.1, 0.15) is 5.56 Å². The van der Waals surface area contributed by atoms with E-state index in [4.69, 9.17) is 16.3 Å². The summed E-state index contributed by atoms with van der Waals surface area (Å²) in [5.74, 6) is 2.13. The summed E-state index contributed by atoms with van der Waals surface area (Å²) in [5.41, 5.74) is 3.27. The molecule has 0 saturated heterocycles. The maximum atomic E-state index is 6.05. The highest BCUT2D eigenvalue weighted by Gasteiger charge is 2.06. The summed E-state index contributed by atoms with van der Waals surface area (Å²) < 4.78 is 6.05. The van der Waals surface area contributed by atoms with Crippen LogP contribution < -0.4 is 4.74 Å². The standard InChI is InChI=1S/C19H15ClO/c20-14-15-7-6-10-17(13-15)21-19-12-5-4-11-18(19)16-8-2-1-3-9-16/h1-13H,14H2. The van der Waals surface area contributed by atoms with Crippen LogP contribution in [-0.4, -0.2) is 0 Å². The molecule has 3 aromatic rings. The molecule has 0 amide bonds. The third-order valence-corrected chi connectivity index (χ3v) is 3.56. The second-order valence-electron chi connectivity index (χ2n) is 4.75. The number of halogens is 1. The molecule has 0 radical (unpaired) electrons. The lowest BCUT2D eigenvalue weighted by molar-refractivity contribution is 0.484. The number of ether oxygens (including phenoxy) is 1. The van der Waals surface area contributed by atoms with E-state index in [-0.39, 0.29) is 0 Å². The molecule has 1 nitrogen and oxygen atoms in total. The number of hydrogen-bond donors (Lipinski definition) is 0. The molecule has 0 aromatic heterocycles. The van der Waals surface area contributed by atoms with Crippen LogP contribution in [0.15, 0.2) is 78.9 Å². The van der Waals surface area contributed by atoms with E-state index in [1.54, 1.807) is 0 Å². The smallest absolute Gasteiger partial charge is 0.135 e. The summed E-state index contributed by atoms with van der Waals surface area (Å²) in [4.78, 5) is 0. The zero-order valence-electron chi connectivity index (χ0n) is 11.5. The Morgan fingerprint density at radius 3 is 2.33 bits per heavy atom. The summed E-state index contributed by atoms with van der Waals surface area (Å²) in [6, 6.07) is 26.1. The summed E-state index contributed by atoms with van der Waals surface area (Å²) in [6.45, 7) is 0. The van der Waals surface area contributed by atoms with Crippen molar-refractivity contribution >= 4 is 11.6 Å². The lowest BCUT2D eigenvalue weighted by Gasteiger charge is -2.12. The molecular weight excluding hydrogens is 280 g/mol. The largest absolute Gasteiger partial charge is 0.457 e. The highest BCUT2D eigenvalue weighted by atomic mass is 35.5. The molecule has 3 aromatic carbocycles. The SMILES string of the molecule is ClCc1cccc(Oc2ccccc2-c2ccccc2)c1. The topological polar surface area (TPSA) is 9.23 Å². The summed E-state index contributed by atoms with van der Waals surface area (Å²) in [5, 5.41) is 0. The molecule has 104 valence electrons. The van der Waals surface area contributed by atoms with E-state index in [1.165, 1.54) is 0 Å². The van der Waals surface area contributed by atoms with Crippen molar-refractivity contribution < 1.29 is 4.74 Å². The molecule has 2 heteroatoms. The Balaban J connectivity index is 1.96. The number of para-hydroxylation sites is 1. The highest BCUT2D eigenvalue weighted by Crippen LogP contribution is 2.33. The minimum Gasteiger partial charge on any atom is -0.457 e. The lowest BCUT2D eigenvalue weighted by atomic mass is 10.0. The van der Waals surface area contributed by atoms with Crippen LogP contribution >= 0.6 is 11.6 Å². The predicted octanol–water partition coefficient (Wildman–Crippen LogP) is 5.88. The Morgan fingerprint density at radius 1 is 0.762 bits per heavy atom. The molecule has 0 bridgehead atoms. The van der Waals surface area contributed by atoms with Crippen molar-refractivity contribution in [3.63, 3.8) is 0 Å². The van der Waals surface area contributed by atoms with E-state index in [0.717, 1.165) is 28.2 Å². The second-order valence-corrected chi connectivity index (χ2v) is 5.01. The number of alkyl halides is 1. The van der Waals surface area contributed by atoms with Gasteiger partial charge in [-0.25, -0.2) is 0 Å². The van der Waals surface area contributed by atoms with Crippen molar-refractivity contribution in [2.75, 3.05) is 0 Å². The fraction of sp³-hybridized carbons (Fsp3) is 0.0526. The minimum absolute atomic E-state index is 0.484.